The standard InChI is InChI=1S/C24H25NO/c1-18-8-10-20(11-9-18)24(26)15-13-22-21-7-3-2-6-19(21)12-14-23(22)25-16-4-5-17-25/h2-3,6-11,13,15H,4-5,12,14,16-17H2,1H3. The van der Waals surface area contributed by atoms with Crippen LogP contribution in [0.25, 0.3) is 5.57 Å². The van der Waals surface area contributed by atoms with Gasteiger partial charge in [0.1, 0.15) is 0 Å². The van der Waals surface area contributed by atoms with Gasteiger partial charge in [0, 0.05) is 29.9 Å². The van der Waals surface area contributed by atoms with Gasteiger partial charge in [-0.25, -0.2) is 0 Å². The van der Waals surface area contributed by atoms with Crippen LogP contribution in [0.5, 0.6) is 0 Å². The molecule has 0 radical (unpaired) electrons. The Morgan fingerprint density at radius 2 is 1.69 bits per heavy atom. The zero-order chi connectivity index (χ0) is 17.9. The minimum absolute atomic E-state index is 0.0707. The van der Waals surface area contributed by atoms with E-state index in [1.54, 1.807) is 6.08 Å². The molecule has 2 heteroatoms. The summed E-state index contributed by atoms with van der Waals surface area (Å²) in [5.74, 6) is 0.0707. The summed E-state index contributed by atoms with van der Waals surface area (Å²) in [6.07, 6.45) is 8.49. The van der Waals surface area contributed by atoms with Gasteiger partial charge in [0.2, 0.25) is 0 Å². The van der Waals surface area contributed by atoms with Gasteiger partial charge >= 0.3 is 0 Å². The van der Waals surface area contributed by atoms with Gasteiger partial charge in [-0.15, -0.1) is 0 Å². The molecule has 0 amide bonds. The van der Waals surface area contributed by atoms with Gasteiger partial charge < -0.3 is 4.90 Å². The molecule has 4 rings (SSSR count). The number of allylic oxidation sites excluding steroid dienone is 4. The molecule has 0 N–H and O–H groups in total. The van der Waals surface area contributed by atoms with Crippen molar-refractivity contribution in [3.63, 3.8) is 0 Å². The molecule has 0 bridgehead atoms. The van der Waals surface area contributed by atoms with Gasteiger partial charge in [-0.1, -0.05) is 54.1 Å². The van der Waals surface area contributed by atoms with Crippen molar-refractivity contribution in [2.75, 3.05) is 13.1 Å². The zero-order valence-electron chi connectivity index (χ0n) is 15.4. The summed E-state index contributed by atoms with van der Waals surface area (Å²) in [4.78, 5) is 15.1. The monoisotopic (exact) mass is 343 g/mol. The van der Waals surface area contributed by atoms with Crippen LogP contribution in [-0.2, 0) is 6.42 Å². The molecule has 0 aromatic heterocycles. The largest absolute Gasteiger partial charge is 0.374 e. The summed E-state index contributed by atoms with van der Waals surface area (Å²) in [5.41, 5.74) is 7.24. The highest BCUT2D eigenvalue weighted by molar-refractivity contribution is 6.06. The Balaban J connectivity index is 1.69. The Labute approximate surface area is 155 Å². The molecule has 1 fully saturated rings. The summed E-state index contributed by atoms with van der Waals surface area (Å²) < 4.78 is 0. The molecule has 1 aliphatic heterocycles. The number of fused-ring (bicyclic) bond motifs is 1. The fraction of sp³-hybridized carbons (Fsp3) is 0.292. The molecule has 0 saturated carbocycles. The minimum Gasteiger partial charge on any atom is -0.374 e. The van der Waals surface area contributed by atoms with Gasteiger partial charge in [0.15, 0.2) is 5.78 Å². The lowest BCUT2D eigenvalue weighted by Gasteiger charge is -2.29. The van der Waals surface area contributed by atoms with Crippen LogP contribution in [0.1, 0.15) is 46.3 Å². The van der Waals surface area contributed by atoms with Crippen LogP contribution in [-0.4, -0.2) is 23.8 Å². The van der Waals surface area contributed by atoms with Gasteiger partial charge in [0.05, 0.1) is 0 Å². The molecule has 26 heavy (non-hydrogen) atoms. The number of nitrogens with zero attached hydrogens (tertiary/aromatic N) is 1. The van der Waals surface area contributed by atoms with E-state index < -0.39 is 0 Å². The minimum atomic E-state index is 0.0707. The Morgan fingerprint density at radius 1 is 0.962 bits per heavy atom. The number of carbonyl (C=O) groups excluding carboxylic acids is 1. The maximum Gasteiger partial charge on any atom is 0.185 e. The molecule has 1 heterocycles. The lowest BCUT2D eigenvalue weighted by Crippen LogP contribution is -2.22. The molecule has 2 aliphatic rings. The fourth-order valence-electron chi connectivity index (χ4n) is 4.02. The number of benzene rings is 2. The SMILES string of the molecule is Cc1ccc(C(=O)C=CC2=C(N3CCCC3)CCc3ccccc32)cc1. The van der Waals surface area contributed by atoms with E-state index in [1.807, 2.05) is 37.3 Å². The van der Waals surface area contributed by atoms with Gasteiger partial charge in [-0.2, -0.15) is 0 Å². The maximum atomic E-state index is 12.6. The van der Waals surface area contributed by atoms with Crippen LogP contribution >= 0.6 is 0 Å². The van der Waals surface area contributed by atoms with E-state index in [1.165, 1.54) is 40.8 Å². The number of hydrogen-bond acceptors (Lipinski definition) is 2. The number of aryl methyl sites for hydroxylation is 2. The quantitative estimate of drug-likeness (QED) is 0.563. The van der Waals surface area contributed by atoms with Crippen LogP contribution in [0, 0.1) is 6.92 Å². The number of hydrogen-bond donors (Lipinski definition) is 0. The summed E-state index contributed by atoms with van der Waals surface area (Å²) in [6, 6.07) is 16.4. The maximum absolute atomic E-state index is 12.6. The predicted molar refractivity (Wildman–Crippen MR) is 107 cm³/mol. The van der Waals surface area contributed by atoms with Gasteiger partial charge in [-0.3, -0.25) is 4.79 Å². The molecule has 0 atom stereocenters. The molecule has 2 aromatic rings. The van der Waals surface area contributed by atoms with Crippen LogP contribution in [0.3, 0.4) is 0 Å². The van der Waals surface area contributed by atoms with E-state index >= 15 is 0 Å². The average Bonchev–Trinajstić information content (AvgIpc) is 3.21. The first-order chi connectivity index (χ1) is 12.7. The number of carbonyl (C=O) groups is 1. The molecule has 1 aliphatic carbocycles. The van der Waals surface area contributed by atoms with Crippen molar-refractivity contribution in [1.29, 1.82) is 0 Å². The molecule has 0 spiro atoms. The highest BCUT2D eigenvalue weighted by Gasteiger charge is 2.23. The third-order valence-electron chi connectivity index (χ3n) is 5.47. The topological polar surface area (TPSA) is 20.3 Å². The average molecular weight is 343 g/mol. The van der Waals surface area contributed by atoms with Crippen LogP contribution in [0.15, 0.2) is 66.4 Å². The molecular formula is C24H25NO. The molecule has 2 nitrogen and oxygen atoms in total. The second kappa shape index (κ2) is 7.33. The zero-order valence-corrected chi connectivity index (χ0v) is 15.4. The molecule has 132 valence electrons. The van der Waals surface area contributed by atoms with Gasteiger partial charge in [0.25, 0.3) is 0 Å². The van der Waals surface area contributed by atoms with E-state index in [2.05, 4.69) is 29.2 Å². The first-order valence-corrected chi connectivity index (χ1v) is 9.58. The van der Waals surface area contributed by atoms with Crippen molar-refractivity contribution < 1.29 is 4.79 Å². The third kappa shape index (κ3) is 3.37. The molecule has 0 unspecified atom stereocenters. The van der Waals surface area contributed by atoms with Crippen LogP contribution in [0.4, 0.5) is 0 Å². The van der Waals surface area contributed by atoms with E-state index in [-0.39, 0.29) is 5.78 Å². The Kier molecular flexibility index (Phi) is 4.75. The highest BCUT2D eigenvalue weighted by atomic mass is 16.1. The molecule has 2 aromatic carbocycles. The van der Waals surface area contributed by atoms with Crippen molar-refractivity contribution >= 4 is 11.4 Å². The summed E-state index contributed by atoms with van der Waals surface area (Å²) in [7, 11) is 0. The van der Waals surface area contributed by atoms with Crippen molar-refractivity contribution in [2.45, 2.75) is 32.6 Å². The lowest BCUT2D eigenvalue weighted by molar-refractivity contribution is 0.104. The highest BCUT2D eigenvalue weighted by Crippen LogP contribution is 2.35. The number of ketones is 1. The van der Waals surface area contributed by atoms with Crippen molar-refractivity contribution in [2.24, 2.45) is 0 Å². The van der Waals surface area contributed by atoms with E-state index in [4.69, 9.17) is 0 Å². The summed E-state index contributed by atoms with van der Waals surface area (Å²) in [5, 5.41) is 0. The summed E-state index contributed by atoms with van der Waals surface area (Å²) >= 11 is 0. The number of likely N-dealkylation sites (tertiary alicyclic amines) is 1. The second-order valence-corrected chi connectivity index (χ2v) is 7.28. The Hall–Kier alpha value is -2.61. The molecular weight excluding hydrogens is 318 g/mol. The van der Waals surface area contributed by atoms with E-state index in [0.717, 1.165) is 31.5 Å². The van der Waals surface area contributed by atoms with Crippen molar-refractivity contribution in [1.82, 2.24) is 4.90 Å². The van der Waals surface area contributed by atoms with E-state index in [0.29, 0.717) is 0 Å². The number of rotatable bonds is 4. The van der Waals surface area contributed by atoms with Crippen LogP contribution < -0.4 is 0 Å². The van der Waals surface area contributed by atoms with E-state index in [9.17, 15) is 4.79 Å². The van der Waals surface area contributed by atoms with Gasteiger partial charge in [-0.05, 0) is 55.9 Å². The smallest absolute Gasteiger partial charge is 0.185 e. The van der Waals surface area contributed by atoms with Crippen LogP contribution in [0.2, 0.25) is 0 Å². The normalized spacial score (nSPS) is 17.0. The predicted octanol–water partition coefficient (Wildman–Crippen LogP) is 5.19. The lowest BCUT2D eigenvalue weighted by atomic mass is 9.87. The second-order valence-electron chi connectivity index (χ2n) is 7.28. The Bertz CT molecular complexity index is 867. The first kappa shape index (κ1) is 16.8. The van der Waals surface area contributed by atoms with Crippen molar-refractivity contribution in [3.8, 4) is 0 Å². The first-order valence-electron chi connectivity index (χ1n) is 9.58. The Morgan fingerprint density at radius 3 is 2.46 bits per heavy atom. The third-order valence-corrected chi connectivity index (χ3v) is 5.47. The fourth-order valence-corrected chi connectivity index (χ4v) is 4.02. The van der Waals surface area contributed by atoms with Crippen molar-refractivity contribution in [3.05, 3.63) is 88.6 Å². The molecule has 1 saturated heterocycles. The summed E-state index contributed by atoms with van der Waals surface area (Å²) in [6.45, 7) is 4.32.